The molecule has 9 atom stereocenters. The van der Waals surface area contributed by atoms with Crippen molar-refractivity contribution < 1.29 is 50.0 Å². The van der Waals surface area contributed by atoms with Gasteiger partial charge in [-0.25, -0.2) is 0 Å². The van der Waals surface area contributed by atoms with E-state index in [0.717, 1.165) is 44.9 Å². The van der Waals surface area contributed by atoms with Gasteiger partial charge < -0.3 is 50.5 Å². The largest absolute Gasteiger partial charge is 0.394 e. The molecule has 11 heteroatoms. The topological polar surface area (TPSA) is 189 Å². The first-order valence-electron chi connectivity index (χ1n) is 26.9. The maximum Gasteiger partial charge on any atom is 0.249 e. The van der Waals surface area contributed by atoms with Gasteiger partial charge in [0.1, 0.15) is 36.6 Å². The average molecular weight is 924 g/mol. The molecule has 8 N–H and O–H groups in total. The number of rotatable bonds is 45. The average Bonchev–Trinajstić information content (AvgIpc) is 3.31. The Morgan fingerprint density at radius 2 is 0.923 bits per heavy atom. The van der Waals surface area contributed by atoms with E-state index < -0.39 is 74.2 Å². The highest BCUT2D eigenvalue weighted by atomic mass is 16.7. The molecule has 65 heavy (non-hydrogen) atoms. The first kappa shape index (κ1) is 61.3. The number of amides is 1. The molecule has 0 radical (unpaired) electrons. The summed E-state index contributed by atoms with van der Waals surface area (Å²) >= 11 is 0. The van der Waals surface area contributed by atoms with Gasteiger partial charge in [0.05, 0.1) is 25.4 Å². The molecule has 0 aromatic heterocycles. The number of carbonyl (C=O) groups excluding carboxylic acids is 1. The van der Waals surface area contributed by atoms with Crippen LogP contribution in [-0.2, 0) is 14.3 Å². The molecule has 0 aliphatic carbocycles. The molecule has 0 aromatic carbocycles. The van der Waals surface area contributed by atoms with Crippen LogP contribution in [0.5, 0.6) is 0 Å². The molecule has 9 unspecified atom stereocenters. The highest BCUT2D eigenvalue weighted by Gasteiger charge is 2.44. The first-order valence-corrected chi connectivity index (χ1v) is 26.9. The maximum atomic E-state index is 13.1. The molecule has 1 aliphatic rings. The SMILES string of the molecule is CCCCCCCCCCCCC/C=C/CC/C=C/CC/C=C/CCCC(O)C(O)C(COC1OC(CO)C(O)C(O)C1O)NC(=O)C(O)CCCCCCCCCCCCCCCC. The van der Waals surface area contributed by atoms with Crippen molar-refractivity contribution in [3.63, 3.8) is 0 Å². The first-order chi connectivity index (χ1) is 31.7. The second-order valence-corrected chi connectivity index (χ2v) is 18.9. The summed E-state index contributed by atoms with van der Waals surface area (Å²) in [5.41, 5.74) is 0. The molecule has 0 spiro atoms. The molecule has 0 bridgehead atoms. The van der Waals surface area contributed by atoms with Crippen LogP contribution in [0.3, 0.4) is 0 Å². The third-order valence-corrected chi connectivity index (χ3v) is 12.9. The standard InChI is InChI=1S/C54H101NO10/c1-3-5-7-9-11-13-15-17-19-20-21-22-23-24-25-26-27-28-30-31-33-35-37-39-41-46(57)49(59)45(44-64-54-52(62)51(61)50(60)48(43-56)65-54)55-53(63)47(58)42-40-38-36-34-32-29-18-16-14-12-10-8-6-4-2/h23-24,27-28,33,35,45-52,54,56-62H,3-22,25-26,29-32,34,36-44H2,1-2H3,(H,55,63)/b24-23+,28-27+,35-33+. The van der Waals surface area contributed by atoms with Crippen molar-refractivity contribution in [3.8, 4) is 0 Å². The number of hydrogen-bond acceptors (Lipinski definition) is 10. The number of allylic oxidation sites excluding steroid dienone is 6. The molecule has 1 heterocycles. The lowest BCUT2D eigenvalue weighted by Gasteiger charge is -2.40. The Morgan fingerprint density at radius 1 is 0.523 bits per heavy atom. The molecule has 1 aliphatic heterocycles. The minimum atomic E-state index is -1.67. The van der Waals surface area contributed by atoms with E-state index in [2.05, 4.69) is 55.6 Å². The third-order valence-electron chi connectivity index (χ3n) is 12.9. The summed E-state index contributed by atoms with van der Waals surface area (Å²) in [6.45, 7) is 3.43. The number of nitrogens with one attached hydrogen (secondary N) is 1. The summed E-state index contributed by atoms with van der Waals surface area (Å²) in [6, 6.07) is -1.19. The van der Waals surface area contributed by atoms with Crippen LogP contribution in [0.2, 0.25) is 0 Å². The van der Waals surface area contributed by atoms with Gasteiger partial charge in [0, 0.05) is 0 Å². The van der Waals surface area contributed by atoms with Gasteiger partial charge in [0.25, 0.3) is 0 Å². The van der Waals surface area contributed by atoms with Crippen LogP contribution in [0.4, 0.5) is 0 Å². The minimum absolute atomic E-state index is 0.242. The number of carbonyl (C=O) groups is 1. The van der Waals surface area contributed by atoms with E-state index in [1.165, 1.54) is 141 Å². The number of ether oxygens (including phenoxy) is 2. The highest BCUT2D eigenvalue weighted by molar-refractivity contribution is 5.80. The van der Waals surface area contributed by atoms with Gasteiger partial charge in [0.2, 0.25) is 5.91 Å². The Kier molecular flexibility index (Phi) is 41.1. The fourth-order valence-corrected chi connectivity index (χ4v) is 8.47. The predicted octanol–water partition coefficient (Wildman–Crippen LogP) is 10.3. The van der Waals surface area contributed by atoms with E-state index in [-0.39, 0.29) is 12.8 Å². The maximum absolute atomic E-state index is 13.1. The molecular formula is C54H101NO10. The summed E-state index contributed by atoms with van der Waals surface area (Å²) in [4.78, 5) is 13.1. The lowest BCUT2D eigenvalue weighted by atomic mass is 9.98. The molecule has 1 fully saturated rings. The van der Waals surface area contributed by atoms with Crippen molar-refractivity contribution in [2.75, 3.05) is 13.2 Å². The van der Waals surface area contributed by atoms with Gasteiger partial charge in [-0.3, -0.25) is 4.79 Å². The van der Waals surface area contributed by atoms with Crippen molar-refractivity contribution in [2.45, 2.75) is 287 Å². The highest BCUT2D eigenvalue weighted by Crippen LogP contribution is 2.23. The van der Waals surface area contributed by atoms with Crippen molar-refractivity contribution in [1.82, 2.24) is 5.32 Å². The zero-order chi connectivity index (χ0) is 47.6. The lowest BCUT2D eigenvalue weighted by Crippen LogP contribution is -2.60. The minimum Gasteiger partial charge on any atom is -0.394 e. The van der Waals surface area contributed by atoms with Crippen LogP contribution in [-0.4, -0.2) is 110 Å². The van der Waals surface area contributed by atoms with Gasteiger partial charge in [-0.05, 0) is 64.2 Å². The van der Waals surface area contributed by atoms with Crippen molar-refractivity contribution in [3.05, 3.63) is 36.5 Å². The van der Waals surface area contributed by atoms with Crippen molar-refractivity contribution >= 4 is 5.91 Å². The van der Waals surface area contributed by atoms with Gasteiger partial charge in [-0.2, -0.15) is 0 Å². The van der Waals surface area contributed by atoms with Crippen LogP contribution >= 0.6 is 0 Å². The Hall–Kier alpha value is -1.67. The predicted molar refractivity (Wildman–Crippen MR) is 265 cm³/mol. The van der Waals surface area contributed by atoms with E-state index in [0.29, 0.717) is 19.3 Å². The van der Waals surface area contributed by atoms with Gasteiger partial charge >= 0.3 is 0 Å². The summed E-state index contributed by atoms with van der Waals surface area (Å²) in [5, 5.41) is 75.9. The normalized spacial score (nSPS) is 21.2. The molecule has 11 nitrogen and oxygen atoms in total. The van der Waals surface area contributed by atoms with Crippen LogP contribution in [0.25, 0.3) is 0 Å². The Bertz CT molecular complexity index is 1150. The summed E-state index contributed by atoms with van der Waals surface area (Å²) in [5.74, 6) is -0.711. The van der Waals surface area contributed by atoms with Crippen LogP contribution < -0.4 is 5.32 Å². The Morgan fingerprint density at radius 3 is 1.37 bits per heavy atom. The fourth-order valence-electron chi connectivity index (χ4n) is 8.47. The third kappa shape index (κ3) is 32.7. The number of aliphatic hydroxyl groups is 7. The van der Waals surface area contributed by atoms with E-state index in [4.69, 9.17) is 9.47 Å². The van der Waals surface area contributed by atoms with E-state index in [9.17, 15) is 40.5 Å². The molecule has 0 aromatic rings. The summed E-state index contributed by atoms with van der Waals surface area (Å²) in [6.07, 6.45) is 40.6. The zero-order valence-electron chi connectivity index (χ0n) is 41.5. The summed E-state index contributed by atoms with van der Waals surface area (Å²) in [7, 11) is 0. The van der Waals surface area contributed by atoms with Crippen LogP contribution in [0.15, 0.2) is 36.5 Å². The lowest BCUT2D eigenvalue weighted by molar-refractivity contribution is -0.303. The van der Waals surface area contributed by atoms with E-state index in [1.807, 2.05) is 0 Å². The summed E-state index contributed by atoms with van der Waals surface area (Å²) < 4.78 is 11.1. The van der Waals surface area contributed by atoms with Gasteiger partial charge in [-0.1, -0.05) is 204 Å². The van der Waals surface area contributed by atoms with Crippen molar-refractivity contribution in [2.24, 2.45) is 0 Å². The number of unbranched alkanes of at least 4 members (excludes halogenated alkanes) is 27. The zero-order valence-corrected chi connectivity index (χ0v) is 41.5. The Labute approximate surface area is 397 Å². The molecule has 1 amide bonds. The molecule has 1 rings (SSSR count). The number of hydrogen-bond donors (Lipinski definition) is 8. The number of aliphatic hydroxyl groups excluding tert-OH is 7. The Balaban J connectivity index is 2.39. The monoisotopic (exact) mass is 924 g/mol. The van der Waals surface area contributed by atoms with E-state index >= 15 is 0 Å². The smallest absolute Gasteiger partial charge is 0.249 e. The van der Waals surface area contributed by atoms with Crippen LogP contribution in [0, 0.1) is 0 Å². The molecule has 1 saturated heterocycles. The quantitative estimate of drug-likeness (QED) is 0.0216. The second kappa shape index (κ2) is 43.6. The van der Waals surface area contributed by atoms with E-state index in [1.54, 1.807) is 0 Å². The molecule has 382 valence electrons. The fraction of sp³-hybridized carbons (Fsp3) is 0.870. The molecule has 0 saturated carbocycles. The molecular weight excluding hydrogens is 823 g/mol. The van der Waals surface area contributed by atoms with Gasteiger partial charge in [-0.15, -0.1) is 0 Å². The van der Waals surface area contributed by atoms with Crippen molar-refractivity contribution in [1.29, 1.82) is 0 Å². The van der Waals surface area contributed by atoms with Gasteiger partial charge in [0.15, 0.2) is 6.29 Å². The second-order valence-electron chi connectivity index (χ2n) is 18.9. The van der Waals surface area contributed by atoms with Crippen LogP contribution in [0.1, 0.15) is 232 Å².